The van der Waals surface area contributed by atoms with E-state index >= 15 is 0 Å². The molecule has 1 aromatic carbocycles. The summed E-state index contributed by atoms with van der Waals surface area (Å²) in [7, 11) is 0. The SMILES string of the molecule is C=C1C=C(CCN2CCN(c3nccc4sccc34)CC2)c2ccc(F)cc2N1CC(N)=O. The maximum atomic E-state index is 14.0. The molecule has 3 aromatic rings. The Balaban J connectivity index is 1.25. The number of nitrogens with two attached hydrogens (primary N) is 1. The van der Waals surface area contributed by atoms with E-state index in [1.807, 2.05) is 12.3 Å². The molecule has 0 bridgehead atoms. The van der Waals surface area contributed by atoms with Crippen molar-refractivity contribution in [3.05, 3.63) is 71.6 Å². The lowest BCUT2D eigenvalue weighted by molar-refractivity contribution is -0.116. The van der Waals surface area contributed by atoms with Gasteiger partial charge in [-0.1, -0.05) is 6.58 Å². The average molecular weight is 464 g/mol. The molecule has 170 valence electrons. The molecule has 5 rings (SSSR count). The van der Waals surface area contributed by atoms with Crippen LogP contribution in [0.1, 0.15) is 12.0 Å². The summed E-state index contributed by atoms with van der Waals surface area (Å²) < 4.78 is 15.3. The van der Waals surface area contributed by atoms with Gasteiger partial charge in [-0.25, -0.2) is 9.37 Å². The van der Waals surface area contributed by atoms with Gasteiger partial charge >= 0.3 is 0 Å². The van der Waals surface area contributed by atoms with Crippen molar-refractivity contribution in [2.75, 3.05) is 49.1 Å². The highest BCUT2D eigenvalue weighted by Gasteiger charge is 2.25. The lowest BCUT2D eigenvalue weighted by Crippen LogP contribution is -2.47. The quantitative estimate of drug-likeness (QED) is 0.602. The van der Waals surface area contributed by atoms with Crippen molar-refractivity contribution in [3.8, 4) is 0 Å². The van der Waals surface area contributed by atoms with Gasteiger partial charge < -0.3 is 15.5 Å². The minimum atomic E-state index is -0.478. The number of rotatable bonds is 6. The number of benzene rings is 1. The Hall–Kier alpha value is -3.23. The van der Waals surface area contributed by atoms with Crippen molar-refractivity contribution < 1.29 is 9.18 Å². The highest BCUT2D eigenvalue weighted by atomic mass is 32.1. The third kappa shape index (κ3) is 4.36. The normalized spacial score (nSPS) is 16.8. The van der Waals surface area contributed by atoms with Crippen LogP contribution in [-0.2, 0) is 4.79 Å². The van der Waals surface area contributed by atoms with Crippen LogP contribution in [0.3, 0.4) is 0 Å². The van der Waals surface area contributed by atoms with E-state index in [0.29, 0.717) is 11.4 Å². The molecule has 0 unspecified atom stereocenters. The maximum absolute atomic E-state index is 14.0. The summed E-state index contributed by atoms with van der Waals surface area (Å²) in [4.78, 5) is 22.7. The summed E-state index contributed by atoms with van der Waals surface area (Å²) in [5.41, 5.74) is 8.73. The molecular weight excluding hydrogens is 437 g/mol. The number of fused-ring (bicyclic) bond motifs is 2. The van der Waals surface area contributed by atoms with Gasteiger partial charge in [-0.3, -0.25) is 9.69 Å². The first-order valence-corrected chi connectivity index (χ1v) is 11.9. The van der Waals surface area contributed by atoms with E-state index < -0.39 is 5.91 Å². The Morgan fingerprint density at radius 3 is 2.79 bits per heavy atom. The van der Waals surface area contributed by atoms with Gasteiger partial charge in [0, 0.05) is 60.3 Å². The molecule has 0 saturated carbocycles. The lowest BCUT2D eigenvalue weighted by Gasteiger charge is -2.36. The summed E-state index contributed by atoms with van der Waals surface area (Å²) in [6, 6.07) is 8.91. The van der Waals surface area contributed by atoms with Crippen LogP contribution in [0.5, 0.6) is 0 Å². The first-order chi connectivity index (χ1) is 16.0. The van der Waals surface area contributed by atoms with Crippen molar-refractivity contribution in [2.45, 2.75) is 6.42 Å². The zero-order chi connectivity index (χ0) is 22.9. The number of aromatic nitrogens is 1. The van der Waals surface area contributed by atoms with Gasteiger partial charge in [0.1, 0.15) is 18.2 Å². The molecule has 6 nitrogen and oxygen atoms in total. The smallest absolute Gasteiger partial charge is 0.237 e. The predicted molar refractivity (Wildman–Crippen MR) is 133 cm³/mol. The van der Waals surface area contributed by atoms with Gasteiger partial charge in [0.25, 0.3) is 0 Å². The van der Waals surface area contributed by atoms with Gasteiger partial charge in [0.2, 0.25) is 5.91 Å². The summed E-state index contributed by atoms with van der Waals surface area (Å²) >= 11 is 1.75. The van der Waals surface area contributed by atoms with Crippen LogP contribution in [0.15, 0.2) is 60.3 Å². The number of primary amides is 1. The van der Waals surface area contributed by atoms with Gasteiger partial charge in [0.15, 0.2) is 0 Å². The molecule has 1 amide bonds. The zero-order valence-corrected chi connectivity index (χ0v) is 19.2. The number of hydrogen-bond acceptors (Lipinski definition) is 6. The Labute approximate surface area is 196 Å². The average Bonchev–Trinajstić information content (AvgIpc) is 3.29. The third-order valence-electron chi connectivity index (χ3n) is 6.33. The molecular formula is C25H26FN5OS. The van der Waals surface area contributed by atoms with Crippen LogP contribution < -0.4 is 15.5 Å². The second-order valence-electron chi connectivity index (χ2n) is 8.42. The van der Waals surface area contributed by atoms with E-state index in [9.17, 15) is 9.18 Å². The van der Waals surface area contributed by atoms with E-state index in [0.717, 1.165) is 56.1 Å². The minimum Gasteiger partial charge on any atom is -0.368 e. The first-order valence-electron chi connectivity index (χ1n) is 11.0. The van der Waals surface area contributed by atoms with Crippen LogP contribution in [0, 0.1) is 5.82 Å². The number of carbonyl (C=O) groups is 1. The number of hydrogen-bond donors (Lipinski definition) is 1. The number of carbonyl (C=O) groups excluding carboxylic acids is 1. The fourth-order valence-electron chi connectivity index (χ4n) is 4.65. The number of nitrogens with zero attached hydrogens (tertiary/aromatic N) is 4. The number of allylic oxidation sites excluding steroid dienone is 1. The first kappa shape index (κ1) is 21.6. The van der Waals surface area contributed by atoms with Gasteiger partial charge in [-0.15, -0.1) is 11.3 Å². The summed E-state index contributed by atoms with van der Waals surface area (Å²) in [6.07, 6.45) is 4.70. The fraction of sp³-hybridized carbons (Fsp3) is 0.280. The number of amides is 1. The molecule has 1 saturated heterocycles. The highest BCUT2D eigenvalue weighted by molar-refractivity contribution is 7.17. The molecule has 0 radical (unpaired) electrons. The molecule has 2 aliphatic rings. The van der Waals surface area contributed by atoms with Crippen LogP contribution in [0.2, 0.25) is 0 Å². The molecule has 0 atom stereocenters. The molecule has 1 fully saturated rings. The Kier molecular flexibility index (Phi) is 5.86. The van der Waals surface area contributed by atoms with E-state index in [1.165, 1.54) is 22.2 Å². The minimum absolute atomic E-state index is 0.0219. The van der Waals surface area contributed by atoms with E-state index in [4.69, 9.17) is 5.73 Å². The van der Waals surface area contributed by atoms with Crippen LogP contribution in [0.25, 0.3) is 15.7 Å². The predicted octanol–water partition coefficient (Wildman–Crippen LogP) is 3.85. The second kappa shape index (κ2) is 8.96. The monoisotopic (exact) mass is 463 g/mol. The molecule has 0 aliphatic carbocycles. The molecule has 33 heavy (non-hydrogen) atoms. The second-order valence-corrected chi connectivity index (χ2v) is 9.37. The zero-order valence-electron chi connectivity index (χ0n) is 18.3. The van der Waals surface area contributed by atoms with Gasteiger partial charge in [-0.05, 0) is 53.8 Å². The Morgan fingerprint density at radius 1 is 1.18 bits per heavy atom. The summed E-state index contributed by atoms with van der Waals surface area (Å²) in [6.45, 7) is 8.74. The molecule has 2 aromatic heterocycles. The number of thiophene rings is 1. The molecule has 2 aliphatic heterocycles. The van der Waals surface area contributed by atoms with E-state index in [2.05, 4.69) is 38.9 Å². The van der Waals surface area contributed by atoms with Crippen molar-refractivity contribution in [3.63, 3.8) is 0 Å². The van der Waals surface area contributed by atoms with E-state index in [1.54, 1.807) is 22.3 Å². The van der Waals surface area contributed by atoms with Crippen molar-refractivity contribution in [1.29, 1.82) is 0 Å². The summed E-state index contributed by atoms with van der Waals surface area (Å²) in [5.74, 6) is 0.251. The third-order valence-corrected chi connectivity index (χ3v) is 7.21. The van der Waals surface area contributed by atoms with Gasteiger partial charge in [0.05, 0.1) is 5.69 Å². The maximum Gasteiger partial charge on any atom is 0.237 e. The number of piperazine rings is 1. The van der Waals surface area contributed by atoms with Crippen molar-refractivity contribution in [2.24, 2.45) is 5.73 Å². The molecule has 4 heterocycles. The summed E-state index contributed by atoms with van der Waals surface area (Å²) in [5, 5.41) is 3.35. The Morgan fingerprint density at radius 2 is 2.00 bits per heavy atom. The Bertz CT molecular complexity index is 1240. The lowest BCUT2D eigenvalue weighted by atomic mass is 9.94. The van der Waals surface area contributed by atoms with Gasteiger partial charge in [-0.2, -0.15) is 0 Å². The molecule has 2 N–H and O–H groups in total. The van der Waals surface area contributed by atoms with Crippen molar-refractivity contribution in [1.82, 2.24) is 9.88 Å². The number of pyridine rings is 1. The van der Waals surface area contributed by atoms with Crippen LogP contribution in [0.4, 0.5) is 15.9 Å². The molecule has 0 spiro atoms. The van der Waals surface area contributed by atoms with Crippen molar-refractivity contribution >= 4 is 44.4 Å². The standard InChI is InChI=1S/C25H26FN5OS/c1-17-14-18(20-3-2-19(26)15-22(20)31(17)16-24(27)32)5-8-29-9-11-30(12-10-29)25-21-6-13-33-23(21)4-7-28-25/h2-4,6-7,13-15H,1,5,8-12,16H2,(H2,27,32). The molecule has 8 heteroatoms. The highest BCUT2D eigenvalue weighted by Crippen LogP contribution is 2.37. The van der Waals surface area contributed by atoms with Crippen LogP contribution >= 0.6 is 11.3 Å². The van der Waals surface area contributed by atoms with E-state index in [-0.39, 0.29) is 12.4 Å². The topological polar surface area (TPSA) is 65.7 Å². The number of anilines is 2. The number of halogens is 1. The largest absolute Gasteiger partial charge is 0.368 e. The van der Waals surface area contributed by atoms with Crippen LogP contribution in [-0.4, -0.2) is 55.1 Å². The fourth-order valence-corrected chi connectivity index (χ4v) is 5.43.